The molecule has 0 amide bonds. The van der Waals surface area contributed by atoms with Gasteiger partial charge in [-0.25, -0.2) is 0 Å². The molecule has 0 nitrogen and oxygen atoms in total. The van der Waals surface area contributed by atoms with Gasteiger partial charge in [-0.1, -0.05) is 158 Å². The minimum Gasteiger partial charge on any atom is -0.0846 e. The molecule has 0 aromatic heterocycles. The molecule has 3 aromatic rings. The molecule has 60 heavy (non-hydrogen) atoms. The first-order valence-corrected chi connectivity index (χ1v) is 24.7. The van der Waals surface area contributed by atoms with Crippen molar-refractivity contribution in [2.24, 2.45) is 94.7 Å². The molecule has 4 bridgehead atoms. The summed E-state index contributed by atoms with van der Waals surface area (Å²) in [6.07, 6.45) is 6.48. The molecule has 334 valence electrons. The van der Waals surface area contributed by atoms with Crippen LogP contribution >= 0.6 is 0 Å². The van der Waals surface area contributed by atoms with Gasteiger partial charge in [0, 0.05) is 5.41 Å². The second kappa shape index (κ2) is 20.3. The van der Waals surface area contributed by atoms with Crippen LogP contribution in [0.25, 0.3) is 0 Å². The Labute approximate surface area is 373 Å². The van der Waals surface area contributed by atoms with Crippen LogP contribution in [-0.4, -0.2) is 0 Å². The van der Waals surface area contributed by atoms with Crippen LogP contribution in [0.4, 0.5) is 0 Å². The Morgan fingerprint density at radius 1 is 0.317 bits per heavy atom. The largest absolute Gasteiger partial charge is 0.0846 e. The predicted molar refractivity (Wildman–Crippen MR) is 267 cm³/mol. The van der Waals surface area contributed by atoms with E-state index in [0.717, 1.165) is 94.7 Å². The third-order valence-electron chi connectivity index (χ3n) is 19.4. The lowest BCUT2D eigenvalue weighted by molar-refractivity contribution is 0.0302. The molecule has 0 radical (unpaired) electrons. The van der Waals surface area contributed by atoms with E-state index in [-0.39, 0.29) is 5.41 Å². The topological polar surface area (TPSA) is 0 Å². The third-order valence-corrected chi connectivity index (χ3v) is 19.4. The molecule has 0 N–H and O–H groups in total. The van der Waals surface area contributed by atoms with Crippen LogP contribution in [0.5, 0.6) is 0 Å². The molecule has 0 heteroatoms. The van der Waals surface area contributed by atoms with Gasteiger partial charge in [0.05, 0.1) is 0 Å². The van der Waals surface area contributed by atoms with Crippen molar-refractivity contribution in [1.82, 2.24) is 0 Å². The Kier molecular flexibility index (Phi) is 16.9. The minimum atomic E-state index is 0.0525. The number of hydrogen-bond acceptors (Lipinski definition) is 0. The van der Waals surface area contributed by atoms with E-state index in [0.29, 0.717) is 0 Å². The number of allylic oxidation sites excluding steroid dienone is 2. The lowest BCUT2D eigenvalue weighted by Crippen LogP contribution is -2.44. The zero-order valence-corrected chi connectivity index (χ0v) is 43.2. The van der Waals surface area contributed by atoms with Gasteiger partial charge >= 0.3 is 0 Å². The van der Waals surface area contributed by atoms with Crippen LogP contribution in [0, 0.1) is 150 Å². The first-order chi connectivity index (χ1) is 27.8. The Balaban J connectivity index is 0.000000171. The summed E-state index contributed by atoms with van der Waals surface area (Å²) in [5.41, 5.74) is 13.9. The summed E-state index contributed by atoms with van der Waals surface area (Å²) in [6, 6.07) is 18.1. The van der Waals surface area contributed by atoms with Crippen molar-refractivity contribution < 1.29 is 0 Å². The van der Waals surface area contributed by atoms with Gasteiger partial charge in [0.1, 0.15) is 0 Å². The van der Waals surface area contributed by atoms with Crippen molar-refractivity contribution >= 4 is 0 Å². The van der Waals surface area contributed by atoms with Gasteiger partial charge in [0.2, 0.25) is 0 Å². The van der Waals surface area contributed by atoms with Crippen molar-refractivity contribution in [3.63, 3.8) is 0 Å². The number of aryl methyl sites for hydroxylation is 8. The predicted octanol–water partition coefficient (Wildman–Crippen LogP) is 17.2. The summed E-state index contributed by atoms with van der Waals surface area (Å²) < 4.78 is 0. The van der Waals surface area contributed by atoms with Crippen LogP contribution in [0.3, 0.4) is 0 Å². The summed E-state index contributed by atoms with van der Waals surface area (Å²) in [5, 5.41) is 0. The summed E-state index contributed by atoms with van der Waals surface area (Å²) in [7, 11) is 0. The second-order valence-electron chi connectivity index (χ2n) is 22.7. The SMILES string of the molecule is CC1C(C)C(C)C1C.CC1C(C)C2C=CC1C(C)C2C.CC1C(C)C2CC1C(C)C2C.Cc1cc(C)c(C)cc1C.Cc1ccc(C(C)(C)c2ccc(C)c(C)c2)cc1C. The lowest BCUT2D eigenvalue weighted by Gasteiger charge is -2.50. The zero-order chi connectivity index (χ0) is 45.3. The van der Waals surface area contributed by atoms with Crippen LogP contribution in [0.15, 0.2) is 60.7 Å². The van der Waals surface area contributed by atoms with Gasteiger partial charge in [-0.05, 0) is 212 Å². The molecule has 6 aliphatic rings. The van der Waals surface area contributed by atoms with Gasteiger partial charge in [-0.2, -0.15) is 0 Å². The fourth-order valence-corrected chi connectivity index (χ4v) is 12.3. The Morgan fingerprint density at radius 3 is 0.800 bits per heavy atom. The molecule has 6 aliphatic carbocycles. The van der Waals surface area contributed by atoms with E-state index in [9.17, 15) is 0 Å². The van der Waals surface area contributed by atoms with Crippen molar-refractivity contribution in [3.8, 4) is 0 Å². The Hall–Kier alpha value is -2.60. The van der Waals surface area contributed by atoms with Crippen LogP contribution in [-0.2, 0) is 5.41 Å². The maximum absolute atomic E-state index is 2.47. The highest BCUT2D eigenvalue weighted by Crippen LogP contribution is 2.57. The van der Waals surface area contributed by atoms with Gasteiger partial charge in [0.15, 0.2) is 0 Å². The second-order valence-corrected chi connectivity index (χ2v) is 22.7. The molecule has 4 saturated carbocycles. The molecule has 9 rings (SSSR count). The number of rotatable bonds is 2. The van der Waals surface area contributed by atoms with E-state index in [2.05, 4.69) is 213 Å². The molecule has 3 aromatic carbocycles. The van der Waals surface area contributed by atoms with Gasteiger partial charge < -0.3 is 0 Å². The highest BCUT2D eigenvalue weighted by molar-refractivity contribution is 5.43. The van der Waals surface area contributed by atoms with Gasteiger partial charge in [0.25, 0.3) is 0 Å². The molecule has 0 spiro atoms. The smallest absolute Gasteiger partial charge is 0.0146 e. The fourth-order valence-electron chi connectivity index (χ4n) is 12.3. The van der Waals surface area contributed by atoms with Gasteiger partial charge in [-0.15, -0.1) is 0 Å². The van der Waals surface area contributed by atoms with Crippen molar-refractivity contribution in [3.05, 3.63) is 116 Å². The fraction of sp³-hybridized carbons (Fsp3) is 0.667. The van der Waals surface area contributed by atoms with Crippen molar-refractivity contribution in [2.75, 3.05) is 0 Å². The first-order valence-electron chi connectivity index (χ1n) is 24.7. The van der Waals surface area contributed by atoms with Crippen LogP contribution < -0.4 is 0 Å². The van der Waals surface area contributed by atoms with Crippen LogP contribution in [0.1, 0.15) is 159 Å². The summed E-state index contributed by atoms with van der Waals surface area (Å²) in [4.78, 5) is 0. The Bertz CT molecular complexity index is 1680. The number of fused-ring (bicyclic) bond motifs is 4. The maximum atomic E-state index is 2.47. The molecule has 8 atom stereocenters. The standard InChI is InChI=1S/C19H24.C12H20.C11H20.C10H14.C8H16/c1-13-7-9-17(11-15(13)3)19(5,6)18-10-8-14(2)16(4)12-18;1-7-8(2)12-6-5-11(7)9(3)10(12)4;1-6-7(2)11-5-10(6)8(3)9(11)4;1-7-5-9(3)10(4)6-8(7)2;1-5-6(2)8(4)7(5)3/h7-12H,1-6H3;5-12H,1-4H3;6-11H,5H2,1-4H3;5-6H,1-4H3;5-8H,1-4H3. The zero-order valence-electron chi connectivity index (χ0n) is 43.2. The Morgan fingerprint density at radius 2 is 0.567 bits per heavy atom. The molecule has 8 unspecified atom stereocenters. The summed E-state index contributed by atoms with van der Waals surface area (Å²) >= 11 is 0. The monoisotopic (exact) mass is 815 g/mol. The van der Waals surface area contributed by atoms with E-state index in [1.165, 1.54) is 62.1 Å². The maximum Gasteiger partial charge on any atom is 0.0146 e. The van der Waals surface area contributed by atoms with E-state index in [1.54, 1.807) is 0 Å². The normalized spacial score (nSPS) is 35.7. The van der Waals surface area contributed by atoms with E-state index in [1.807, 2.05) is 0 Å². The molecule has 0 saturated heterocycles. The van der Waals surface area contributed by atoms with E-state index >= 15 is 0 Å². The minimum absolute atomic E-state index is 0.0525. The summed E-state index contributed by atoms with van der Waals surface area (Å²) in [5.74, 6) is 15.4. The van der Waals surface area contributed by atoms with Crippen LogP contribution in [0.2, 0.25) is 0 Å². The van der Waals surface area contributed by atoms with Crippen molar-refractivity contribution in [2.45, 2.75) is 164 Å². The third kappa shape index (κ3) is 10.6. The van der Waals surface area contributed by atoms with E-state index < -0.39 is 0 Å². The number of hydrogen-bond donors (Lipinski definition) is 0. The van der Waals surface area contributed by atoms with E-state index in [4.69, 9.17) is 0 Å². The van der Waals surface area contributed by atoms with Gasteiger partial charge in [-0.3, -0.25) is 0 Å². The molecular weight excluding hydrogens is 721 g/mol. The quantitative estimate of drug-likeness (QED) is 0.226. The summed E-state index contributed by atoms with van der Waals surface area (Å²) in [6.45, 7) is 50.9. The molecule has 0 aliphatic heterocycles. The highest BCUT2D eigenvalue weighted by atomic mass is 14.6. The highest BCUT2D eigenvalue weighted by Gasteiger charge is 2.51. The lowest BCUT2D eigenvalue weighted by atomic mass is 9.55. The average molecular weight is 815 g/mol. The average Bonchev–Trinajstić information content (AvgIpc) is 3.68. The molecule has 0 heterocycles. The molecule has 4 fully saturated rings. The first kappa shape index (κ1) is 50.0. The van der Waals surface area contributed by atoms with Crippen molar-refractivity contribution in [1.29, 1.82) is 0 Å². The number of benzene rings is 3. The molecular formula is C60H94.